The third-order valence-electron chi connectivity index (χ3n) is 2.62. The van der Waals surface area contributed by atoms with Crippen LogP contribution in [0.4, 0.5) is 0 Å². The lowest BCUT2D eigenvalue weighted by Crippen LogP contribution is -2.13. The monoisotopic (exact) mass is 174 g/mol. The zero-order valence-corrected chi connectivity index (χ0v) is 7.42. The van der Waals surface area contributed by atoms with E-state index in [1.807, 2.05) is 6.07 Å². The van der Waals surface area contributed by atoms with Crippen LogP contribution in [0.15, 0.2) is 10.9 Å². The lowest BCUT2D eigenvalue weighted by molar-refractivity contribution is 0.729. The molecule has 0 fully saturated rings. The first kappa shape index (κ1) is 8.06. The summed E-state index contributed by atoms with van der Waals surface area (Å²) in [5, 5.41) is 8.65. The second kappa shape index (κ2) is 2.74. The molecule has 1 atom stereocenters. The maximum atomic E-state index is 11.3. The average Bonchev–Trinajstić information content (AvgIpc) is 2.47. The summed E-state index contributed by atoms with van der Waals surface area (Å²) in [6.45, 7) is 2.09. The van der Waals surface area contributed by atoms with Crippen molar-refractivity contribution >= 4 is 0 Å². The zero-order valence-electron chi connectivity index (χ0n) is 7.42. The molecule has 3 heteroatoms. The number of H-pyrrole nitrogens is 1. The Hall–Kier alpha value is -1.56. The number of nitriles is 1. The van der Waals surface area contributed by atoms with Crippen LogP contribution in [0.2, 0.25) is 0 Å². The number of nitrogens with zero attached hydrogens (tertiary/aromatic N) is 1. The van der Waals surface area contributed by atoms with Gasteiger partial charge < -0.3 is 4.98 Å². The molecular weight excluding hydrogens is 164 g/mol. The standard InChI is InChI=1S/C10H10N2O/c1-6-2-3-7-4-8(5-11)10(13)12-9(6)7/h4,6H,2-3H2,1H3,(H,12,13). The summed E-state index contributed by atoms with van der Waals surface area (Å²) in [6.07, 6.45) is 2.04. The molecular formula is C10H10N2O. The van der Waals surface area contributed by atoms with E-state index in [0.29, 0.717) is 5.92 Å². The van der Waals surface area contributed by atoms with Crippen LogP contribution in [0.3, 0.4) is 0 Å². The largest absolute Gasteiger partial charge is 0.325 e. The molecule has 1 aromatic heterocycles. The number of pyridine rings is 1. The van der Waals surface area contributed by atoms with Crippen LogP contribution in [-0.4, -0.2) is 4.98 Å². The predicted molar refractivity (Wildman–Crippen MR) is 48.5 cm³/mol. The third kappa shape index (κ3) is 1.15. The molecule has 0 aliphatic heterocycles. The van der Waals surface area contributed by atoms with E-state index in [0.717, 1.165) is 24.1 Å². The van der Waals surface area contributed by atoms with Crippen LogP contribution in [0.25, 0.3) is 0 Å². The molecule has 0 bridgehead atoms. The van der Waals surface area contributed by atoms with E-state index in [1.54, 1.807) is 6.07 Å². The van der Waals surface area contributed by atoms with Crippen molar-refractivity contribution in [3.63, 3.8) is 0 Å². The number of nitrogens with one attached hydrogen (secondary N) is 1. The molecule has 3 nitrogen and oxygen atoms in total. The summed E-state index contributed by atoms with van der Waals surface area (Å²) in [7, 11) is 0. The highest BCUT2D eigenvalue weighted by molar-refractivity contribution is 5.36. The Morgan fingerprint density at radius 2 is 2.46 bits per heavy atom. The molecule has 1 N–H and O–H groups in total. The van der Waals surface area contributed by atoms with E-state index in [9.17, 15) is 4.79 Å². The van der Waals surface area contributed by atoms with Crippen LogP contribution in [-0.2, 0) is 6.42 Å². The first-order valence-electron chi connectivity index (χ1n) is 4.38. The Labute approximate surface area is 76.0 Å². The maximum absolute atomic E-state index is 11.3. The minimum absolute atomic E-state index is 0.229. The molecule has 0 saturated heterocycles. The van der Waals surface area contributed by atoms with Gasteiger partial charge in [-0.3, -0.25) is 4.79 Å². The number of hydrogen-bond acceptors (Lipinski definition) is 2. The van der Waals surface area contributed by atoms with Crippen molar-refractivity contribution in [2.75, 3.05) is 0 Å². The number of rotatable bonds is 0. The van der Waals surface area contributed by atoms with E-state index in [2.05, 4.69) is 11.9 Å². The fourth-order valence-corrected chi connectivity index (χ4v) is 1.83. The van der Waals surface area contributed by atoms with Crippen LogP contribution >= 0.6 is 0 Å². The van der Waals surface area contributed by atoms with E-state index in [1.165, 1.54) is 0 Å². The zero-order chi connectivity index (χ0) is 9.42. The maximum Gasteiger partial charge on any atom is 0.266 e. The Kier molecular flexibility index (Phi) is 1.70. The van der Waals surface area contributed by atoms with Gasteiger partial charge in [0.2, 0.25) is 0 Å². The lowest BCUT2D eigenvalue weighted by Gasteiger charge is -2.02. The molecule has 2 rings (SSSR count). The van der Waals surface area contributed by atoms with Crippen molar-refractivity contribution in [1.82, 2.24) is 4.98 Å². The van der Waals surface area contributed by atoms with Gasteiger partial charge in [-0.25, -0.2) is 0 Å². The number of fused-ring (bicyclic) bond motifs is 1. The summed E-state index contributed by atoms with van der Waals surface area (Å²) in [5.41, 5.74) is 2.12. The topological polar surface area (TPSA) is 56.6 Å². The molecule has 0 saturated carbocycles. The minimum atomic E-state index is -0.255. The van der Waals surface area contributed by atoms with E-state index >= 15 is 0 Å². The molecule has 0 aromatic carbocycles. The van der Waals surface area contributed by atoms with Gasteiger partial charge in [0.1, 0.15) is 11.6 Å². The smallest absolute Gasteiger partial charge is 0.266 e. The average molecular weight is 174 g/mol. The van der Waals surface area contributed by atoms with E-state index in [-0.39, 0.29) is 11.1 Å². The highest BCUT2D eigenvalue weighted by Gasteiger charge is 2.20. The molecule has 0 spiro atoms. The molecule has 1 aliphatic rings. The van der Waals surface area contributed by atoms with Crippen LogP contribution in [0.1, 0.15) is 36.1 Å². The van der Waals surface area contributed by atoms with Crippen molar-refractivity contribution in [3.8, 4) is 6.07 Å². The van der Waals surface area contributed by atoms with Gasteiger partial charge in [0.25, 0.3) is 5.56 Å². The van der Waals surface area contributed by atoms with E-state index in [4.69, 9.17) is 5.26 Å². The number of aryl methyl sites for hydroxylation is 1. The van der Waals surface area contributed by atoms with Crippen LogP contribution in [0, 0.1) is 11.3 Å². The van der Waals surface area contributed by atoms with Crippen molar-refractivity contribution in [2.24, 2.45) is 0 Å². The van der Waals surface area contributed by atoms with Crippen molar-refractivity contribution in [1.29, 1.82) is 5.26 Å². The Bertz CT molecular complexity index is 439. The summed E-state index contributed by atoms with van der Waals surface area (Å²) in [4.78, 5) is 14.1. The first-order chi connectivity index (χ1) is 6.22. The number of aromatic amines is 1. The Balaban J connectivity index is 2.65. The van der Waals surface area contributed by atoms with Crippen molar-refractivity contribution in [2.45, 2.75) is 25.7 Å². The summed E-state index contributed by atoms with van der Waals surface area (Å²) < 4.78 is 0. The van der Waals surface area contributed by atoms with Crippen LogP contribution in [0.5, 0.6) is 0 Å². The van der Waals surface area contributed by atoms with Gasteiger partial charge in [-0.05, 0) is 30.4 Å². The first-order valence-corrected chi connectivity index (χ1v) is 4.38. The summed E-state index contributed by atoms with van der Waals surface area (Å²) in [5.74, 6) is 0.426. The predicted octanol–water partition coefficient (Wildman–Crippen LogP) is 1.30. The Morgan fingerprint density at radius 1 is 1.69 bits per heavy atom. The van der Waals surface area contributed by atoms with Gasteiger partial charge in [0, 0.05) is 5.69 Å². The highest BCUT2D eigenvalue weighted by Crippen LogP contribution is 2.29. The lowest BCUT2D eigenvalue weighted by atomic mass is 10.1. The van der Waals surface area contributed by atoms with Gasteiger partial charge in [-0.15, -0.1) is 0 Å². The van der Waals surface area contributed by atoms with Gasteiger partial charge in [-0.2, -0.15) is 5.26 Å². The molecule has 0 amide bonds. The fraction of sp³-hybridized carbons (Fsp3) is 0.400. The second-order valence-electron chi connectivity index (χ2n) is 3.50. The van der Waals surface area contributed by atoms with Crippen molar-refractivity contribution < 1.29 is 0 Å². The Morgan fingerprint density at radius 3 is 3.15 bits per heavy atom. The molecule has 66 valence electrons. The van der Waals surface area contributed by atoms with Gasteiger partial charge in [0.15, 0.2) is 0 Å². The van der Waals surface area contributed by atoms with Gasteiger partial charge >= 0.3 is 0 Å². The third-order valence-corrected chi connectivity index (χ3v) is 2.62. The van der Waals surface area contributed by atoms with Crippen molar-refractivity contribution in [3.05, 3.63) is 33.2 Å². The number of hydrogen-bond donors (Lipinski definition) is 1. The second-order valence-corrected chi connectivity index (χ2v) is 3.50. The van der Waals surface area contributed by atoms with Crippen LogP contribution < -0.4 is 5.56 Å². The molecule has 1 heterocycles. The van der Waals surface area contributed by atoms with Gasteiger partial charge in [0.05, 0.1) is 0 Å². The minimum Gasteiger partial charge on any atom is -0.325 e. The molecule has 0 radical (unpaired) electrons. The fourth-order valence-electron chi connectivity index (χ4n) is 1.83. The summed E-state index contributed by atoms with van der Waals surface area (Å²) >= 11 is 0. The van der Waals surface area contributed by atoms with Gasteiger partial charge in [-0.1, -0.05) is 6.92 Å². The normalized spacial score (nSPS) is 19.5. The molecule has 1 unspecified atom stereocenters. The SMILES string of the molecule is CC1CCc2cc(C#N)c(=O)[nH]c21. The molecule has 1 aliphatic carbocycles. The molecule has 1 aromatic rings. The molecule has 13 heavy (non-hydrogen) atoms. The number of aromatic nitrogens is 1. The summed E-state index contributed by atoms with van der Waals surface area (Å²) in [6, 6.07) is 3.62. The highest BCUT2D eigenvalue weighted by atomic mass is 16.1. The quantitative estimate of drug-likeness (QED) is 0.644. The van der Waals surface area contributed by atoms with E-state index < -0.39 is 0 Å².